The molecule has 14 heteroatoms. The summed E-state index contributed by atoms with van der Waals surface area (Å²) in [6.07, 6.45) is 7.43. The molecule has 0 bridgehead atoms. The van der Waals surface area contributed by atoms with E-state index in [1.165, 1.54) is 28.6 Å². The van der Waals surface area contributed by atoms with Crippen LogP contribution >= 0.6 is 0 Å². The molecule has 40 heavy (non-hydrogen) atoms. The van der Waals surface area contributed by atoms with Gasteiger partial charge in [0.2, 0.25) is 5.82 Å². The summed E-state index contributed by atoms with van der Waals surface area (Å²) >= 11 is 0. The van der Waals surface area contributed by atoms with Gasteiger partial charge in [-0.1, -0.05) is 13.0 Å². The zero-order valence-corrected chi connectivity index (χ0v) is 22.5. The van der Waals surface area contributed by atoms with Gasteiger partial charge in [-0.25, -0.2) is 9.37 Å². The number of carbonyl (C=O) groups excluding carboxylic acids is 2. The summed E-state index contributed by atoms with van der Waals surface area (Å²) in [6, 6.07) is 3.30. The summed E-state index contributed by atoms with van der Waals surface area (Å²) < 4.78 is 17.0. The summed E-state index contributed by atoms with van der Waals surface area (Å²) in [7, 11) is 3.34. The van der Waals surface area contributed by atoms with Crippen LogP contribution in [0.5, 0.6) is 0 Å². The number of nitrogens with two attached hydrogens (primary N) is 1. The van der Waals surface area contributed by atoms with Gasteiger partial charge in [-0.2, -0.15) is 14.7 Å². The van der Waals surface area contributed by atoms with E-state index < -0.39 is 5.82 Å². The Hall–Kier alpha value is -5.01. The zero-order valence-electron chi connectivity index (χ0n) is 22.5. The van der Waals surface area contributed by atoms with E-state index >= 15 is 0 Å². The van der Waals surface area contributed by atoms with Crippen molar-refractivity contribution in [1.29, 1.82) is 0 Å². The van der Waals surface area contributed by atoms with Gasteiger partial charge in [-0.05, 0) is 32.3 Å². The SMILES string of the molecule is CC[C@H](CCc1nc2c(-c3ccc(-c4nn(C)cc4F)nc3)cnn2c(N)c1C(C)=O)N(C)C(=O)c1nnc[nH]1. The normalized spacial score (nSPS) is 12.1. The number of H-pyrrole nitrogens is 1. The summed E-state index contributed by atoms with van der Waals surface area (Å²) in [5.41, 5.74) is 9.57. The fraction of sp³-hybridized carbons (Fsp3) is 0.308. The lowest BCUT2D eigenvalue weighted by Gasteiger charge is -2.26. The van der Waals surface area contributed by atoms with Crippen molar-refractivity contribution in [1.82, 2.24) is 49.4 Å². The minimum Gasteiger partial charge on any atom is -0.383 e. The number of anilines is 1. The Bertz CT molecular complexity index is 1690. The number of halogens is 1. The highest BCUT2D eigenvalue weighted by atomic mass is 19.1. The molecule has 0 unspecified atom stereocenters. The molecule has 0 radical (unpaired) electrons. The number of pyridine rings is 1. The van der Waals surface area contributed by atoms with Crippen LogP contribution in [0, 0.1) is 5.82 Å². The maximum Gasteiger partial charge on any atom is 0.291 e. The maximum absolute atomic E-state index is 14.2. The summed E-state index contributed by atoms with van der Waals surface area (Å²) in [6.45, 7) is 3.41. The number of hydrogen-bond donors (Lipinski definition) is 2. The second-order valence-corrected chi connectivity index (χ2v) is 9.45. The summed E-state index contributed by atoms with van der Waals surface area (Å²) in [5, 5.41) is 16.0. The number of aromatic amines is 1. The van der Waals surface area contributed by atoms with Crippen LogP contribution in [0.3, 0.4) is 0 Å². The van der Waals surface area contributed by atoms with Crippen molar-refractivity contribution in [3.05, 3.63) is 59.9 Å². The molecular weight excluding hydrogens is 517 g/mol. The van der Waals surface area contributed by atoms with E-state index in [1.807, 2.05) is 6.92 Å². The molecule has 3 N–H and O–H groups in total. The topological polar surface area (TPSA) is 166 Å². The minimum absolute atomic E-state index is 0.148. The quantitative estimate of drug-likeness (QED) is 0.265. The third kappa shape index (κ3) is 4.79. The van der Waals surface area contributed by atoms with Crippen LogP contribution in [-0.2, 0) is 13.5 Å². The first-order valence-corrected chi connectivity index (χ1v) is 12.7. The van der Waals surface area contributed by atoms with Gasteiger partial charge in [-0.3, -0.25) is 19.3 Å². The van der Waals surface area contributed by atoms with Crippen LogP contribution in [-0.4, -0.2) is 74.2 Å². The van der Waals surface area contributed by atoms with E-state index in [1.54, 1.807) is 43.5 Å². The number of nitrogens with zero attached hydrogens (tertiary/aromatic N) is 9. The molecule has 5 aromatic heterocycles. The van der Waals surface area contributed by atoms with E-state index in [0.717, 1.165) is 0 Å². The average molecular weight is 546 g/mol. The van der Waals surface area contributed by atoms with Crippen LogP contribution in [0.1, 0.15) is 53.4 Å². The van der Waals surface area contributed by atoms with Gasteiger partial charge in [0.05, 0.1) is 29.3 Å². The Kier molecular flexibility index (Phi) is 7.07. The van der Waals surface area contributed by atoms with Crippen LogP contribution in [0.2, 0.25) is 0 Å². The fourth-order valence-corrected chi connectivity index (χ4v) is 4.78. The average Bonchev–Trinajstić information content (AvgIpc) is 3.69. The van der Waals surface area contributed by atoms with E-state index in [9.17, 15) is 14.0 Å². The van der Waals surface area contributed by atoms with Gasteiger partial charge in [0, 0.05) is 37.5 Å². The highest BCUT2D eigenvalue weighted by Gasteiger charge is 2.25. The Morgan fingerprint density at radius 3 is 2.65 bits per heavy atom. The lowest BCUT2D eigenvalue weighted by Crippen LogP contribution is -2.37. The van der Waals surface area contributed by atoms with Crippen molar-refractivity contribution in [3.8, 4) is 22.5 Å². The second-order valence-electron chi connectivity index (χ2n) is 9.45. The zero-order chi connectivity index (χ0) is 28.6. The summed E-state index contributed by atoms with van der Waals surface area (Å²) in [5.74, 6) is -0.644. The number of hydrogen-bond acceptors (Lipinski definition) is 9. The van der Waals surface area contributed by atoms with Crippen molar-refractivity contribution in [2.24, 2.45) is 7.05 Å². The Labute approximate surface area is 228 Å². The number of fused-ring (bicyclic) bond motifs is 1. The first-order valence-electron chi connectivity index (χ1n) is 12.7. The molecular formula is C26H28FN11O2. The third-order valence-corrected chi connectivity index (χ3v) is 6.88. The minimum atomic E-state index is -0.465. The number of carbonyl (C=O) groups is 2. The number of nitrogen functional groups attached to an aromatic ring is 1. The molecule has 0 spiro atoms. The Morgan fingerprint density at radius 2 is 2.05 bits per heavy atom. The van der Waals surface area contributed by atoms with Crippen molar-refractivity contribution in [3.63, 3.8) is 0 Å². The number of Topliss-reactive ketones (excluding diaryl/α,β-unsaturated/α-hetero) is 1. The van der Waals surface area contributed by atoms with Crippen LogP contribution in [0.4, 0.5) is 10.2 Å². The largest absolute Gasteiger partial charge is 0.383 e. The number of ketones is 1. The molecule has 0 aliphatic heterocycles. The number of aryl methyl sites for hydroxylation is 2. The van der Waals surface area contributed by atoms with E-state index in [-0.39, 0.29) is 35.1 Å². The predicted molar refractivity (Wildman–Crippen MR) is 144 cm³/mol. The Morgan fingerprint density at radius 1 is 1.25 bits per heavy atom. The highest BCUT2D eigenvalue weighted by Crippen LogP contribution is 2.29. The molecule has 1 atom stereocenters. The van der Waals surface area contributed by atoms with Crippen LogP contribution in [0.25, 0.3) is 28.2 Å². The number of nitrogens with one attached hydrogen (secondary N) is 1. The molecule has 0 aromatic carbocycles. The molecule has 5 aromatic rings. The van der Waals surface area contributed by atoms with E-state index in [2.05, 4.69) is 30.4 Å². The molecule has 0 aliphatic carbocycles. The van der Waals surface area contributed by atoms with Crippen LogP contribution in [0.15, 0.2) is 37.1 Å². The van der Waals surface area contributed by atoms with Crippen molar-refractivity contribution < 1.29 is 14.0 Å². The van der Waals surface area contributed by atoms with Gasteiger partial charge in [0.25, 0.3) is 5.91 Å². The first kappa shape index (κ1) is 26.6. The van der Waals surface area contributed by atoms with E-state index in [0.29, 0.717) is 53.0 Å². The Balaban J connectivity index is 1.47. The predicted octanol–water partition coefficient (Wildman–Crippen LogP) is 2.72. The van der Waals surface area contributed by atoms with Crippen molar-refractivity contribution in [2.75, 3.05) is 12.8 Å². The monoisotopic (exact) mass is 545 g/mol. The van der Waals surface area contributed by atoms with Crippen LogP contribution < -0.4 is 5.73 Å². The number of aromatic nitrogens is 9. The molecule has 5 rings (SSSR count). The number of amides is 1. The molecule has 1 amide bonds. The van der Waals surface area contributed by atoms with Crippen molar-refractivity contribution in [2.45, 2.75) is 39.2 Å². The van der Waals surface area contributed by atoms with E-state index in [4.69, 9.17) is 10.7 Å². The molecule has 13 nitrogen and oxygen atoms in total. The van der Waals surface area contributed by atoms with Gasteiger partial charge < -0.3 is 15.6 Å². The molecule has 5 heterocycles. The maximum atomic E-state index is 14.2. The molecule has 0 aliphatic rings. The lowest BCUT2D eigenvalue weighted by atomic mass is 10.0. The van der Waals surface area contributed by atoms with Gasteiger partial charge in [-0.15, -0.1) is 10.2 Å². The molecule has 206 valence electrons. The standard InChI is InChI=1S/C26H28FN11O2/c1-5-16(37(4)26(40)24-30-13-31-34-24)7-9-19-21(14(2)39)23(28)38-25(33-19)17(11-32-38)15-6-8-20(29-10-15)22-18(27)12-36(3)35-22/h6,8,10-13,16H,5,7,9,28H2,1-4H3,(H,30,31,34)/t16-/m1/s1. The molecule has 0 saturated heterocycles. The van der Waals surface area contributed by atoms with Crippen molar-refractivity contribution >= 4 is 23.2 Å². The third-order valence-electron chi connectivity index (χ3n) is 6.88. The van der Waals surface area contributed by atoms with Gasteiger partial charge >= 0.3 is 0 Å². The molecule has 0 saturated carbocycles. The smallest absolute Gasteiger partial charge is 0.291 e. The summed E-state index contributed by atoms with van der Waals surface area (Å²) in [4.78, 5) is 39.0. The highest BCUT2D eigenvalue weighted by molar-refractivity contribution is 6.00. The van der Waals surface area contributed by atoms with Gasteiger partial charge in [0.1, 0.15) is 17.8 Å². The fourth-order valence-electron chi connectivity index (χ4n) is 4.78. The van der Waals surface area contributed by atoms with Gasteiger partial charge in [0.15, 0.2) is 17.2 Å². The lowest BCUT2D eigenvalue weighted by molar-refractivity contribution is 0.0707. The first-order chi connectivity index (χ1) is 19.2. The second kappa shape index (κ2) is 10.6. The molecule has 0 fully saturated rings. The number of rotatable bonds is 9.